The van der Waals surface area contributed by atoms with E-state index in [1.54, 1.807) is 23.0 Å². The number of carboxylic acids is 1. The van der Waals surface area contributed by atoms with Gasteiger partial charge in [-0.05, 0) is 31.4 Å². The molecule has 1 saturated heterocycles. The van der Waals surface area contributed by atoms with E-state index in [-0.39, 0.29) is 24.7 Å². The number of hydrogen-bond donors (Lipinski definition) is 3. The number of aromatic nitrogens is 3. The molecule has 3 heterocycles. The number of hydrogen-bond acceptors (Lipinski definition) is 8. The maximum atomic E-state index is 12.9. The van der Waals surface area contributed by atoms with E-state index >= 15 is 0 Å². The van der Waals surface area contributed by atoms with Crippen LogP contribution in [0.3, 0.4) is 0 Å². The number of carbonyl (C=O) groups excluding carboxylic acids is 3. The highest BCUT2D eigenvalue weighted by atomic mass is 16.5. The topological polar surface area (TPSA) is 156 Å². The Bertz CT molecular complexity index is 1120. The van der Waals surface area contributed by atoms with Gasteiger partial charge in [0.1, 0.15) is 6.04 Å². The predicted molar refractivity (Wildman–Crippen MR) is 122 cm³/mol. The van der Waals surface area contributed by atoms with Crippen molar-refractivity contribution in [3.63, 3.8) is 0 Å². The molecule has 3 N–H and O–H groups in total. The smallest absolute Gasteiger partial charge is 0.303 e. The van der Waals surface area contributed by atoms with Crippen molar-refractivity contribution in [3.05, 3.63) is 41.2 Å². The molecule has 1 aromatic heterocycles. The van der Waals surface area contributed by atoms with Crippen LogP contribution >= 0.6 is 0 Å². The molecule has 4 rings (SSSR count). The molecule has 1 fully saturated rings. The van der Waals surface area contributed by atoms with Gasteiger partial charge in [-0.2, -0.15) is 0 Å². The predicted octanol–water partition coefficient (Wildman–Crippen LogP) is 0.575. The summed E-state index contributed by atoms with van der Waals surface area (Å²) in [5, 5.41) is 22.4. The molecule has 186 valence electrons. The molecule has 3 amide bonds. The summed E-state index contributed by atoms with van der Waals surface area (Å²) in [6.45, 7) is 2.25. The summed E-state index contributed by atoms with van der Waals surface area (Å²) in [5.74, 6) is -1.76. The fourth-order valence-electron chi connectivity index (χ4n) is 4.25. The van der Waals surface area contributed by atoms with Crippen LogP contribution in [0.4, 0.5) is 5.69 Å². The number of piperidine rings is 1. The van der Waals surface area contributed by atoms with Crippen LogP contribution in [-0.4, -0.2) is 74.5 Å². The number of aryl methyl sites for hydroxylation is 1. The van der Waals surface area contributed by atoms with E-state index in [0.29, 0.717) is 57.7 Å². The van der Waals surface area contributed by atoms with Crippen LogP contribution in [0.25, 0.3) is 0 Å². The molecule has 0 spiro atoms. The molecule has 2 aliphatic heterocycles. The molecule has 2 aliphatic rings. The number of ether oxygens (including phenoxy) is 1. The zero-order valence-electron chi connectivity index (χ0n) is 19.2. The van der Waals surface area contributed by atoms with Crippen molar-refractivity contribution in [2.75, 3.05) is 25.1 Å². The molecule has 1 aromatic carbocycles. The van der Waals surface area contributed by atoms with Crippen LogP contribution in [0.2, 0.25) is 0 Å². The van der Waals surface area contributed by atoms with Gasteiger partial charge in [0.15, 0.2) is 0 Å². The first-order chi connectivity index (χ1) is 16.9. The summed E-state index contributed by atoms with van der Waals surface area (Å²) >= 11 is 0. The van der Waals surface area contributed by atoms with Gasteiger partial charge in [-0.3, -0.25) is 24.5 Å². The van der Waals surface area contributed by atoms with E-state index in [0.717, 1.165) is 16.9 Å². The second kappa shape index (κ2) is 11.1. The summed E-state index contributed by atoms with van der Waals surface area (Å²) in [6, 6.07) is 4.80. The van der Waals surface area contributed by atoms with Crippen molar-refractivity contribution in [1.29, 1.82) is 0 Å². The number of imide groups is 1. The quantitative estimate of drug-likeness (QED) is 0.290. The van der Waals surface area contributed by atoms with Gasteiger partial charge >= 0.3 is 5.97 Å². The molecule has 0 saturated carbocycles. The minimum atomic E-state index is -0.821. The monoisotopic (exact) mass is 484 g/mol. The summed E-state index contributed by atoms with van der Waals surface area (Å²) in [6.07, 6.45) is 3.55. The van der Waals surface area contributed by atoms with Crippen molar-refractivity contribution >= 4 is 29.4 Å². The fourth-order valence-corrected chi connectivity index (χ4v) is 4.25. The standard InChI is InChI=1S/C23H28N6O6/c30-20-8-7-19(22(33)25-20)29-14-17-16(23(29)34)4-2-5-18(17)24-9-11-35-12-10-28-13-15(26-27-28)3-1-6-21(31)32/h2,4-5,13,19,24H,1,3,6-12,14H2,(H,31,32)(H,25,30,33). The second-order valence-electron chi connectivity index (χ2n) is 8.49. The highest BCUT2D eigenvalue weighted by Gasteiger charge is 2.39. The number of anilines is 1. The van der Waals surface area contributed by atoms with Gasteiger partial charge in [-0.1, -0.05) is 11.3 Å². The van der Waals surface area contributed by atoms with E-state index in [9.17, 15) is 19.2 Å². The average molecular weight is 485 g/mol. The van der Waals surface area contributed by atoms with Crippen LogP contribution < -0.4 is 10.6 Å². The SMILES string of the molecule is O=C(O)CCCc1cn(CCOCCNc2cccc3c2CN(C2CCC(=O)NC2=O)C3=O)nn1. The van der Waals surface area contributed by atoms with Crippen LogP contribution in [0, 0.1) is 0 Å². The molecule has 2 aromatic rings. The summed E-state index contributed by atoms with van der Waals surface area (Å²) in [4.78, 5) is 48.7. The molecule has 1 atom stereocenters. The Hall–Kier alpha value is -3.80. The molecule has 0 aliphatic carbocycles. The van der Waals surface area contributed by atoms with E-state index in [2.05, 4.69) is 20.9 Å². The van der Waals surface area contributed by atoms with E-state index in [1.165, 1.54) is 4.90 Å². The highest BCUT2D eigenvalue weighted by Crippen LogP contribution is 2.32. The van der Waals surface area contributed by atoms with Gasteiger partial charge in [0.2, 0.25) is 11.8 Å². The molecule has 0 radical (unpaired) electrons. The zero-order chi connectivity index (χ0) is 24.8. The normalized spacial score (nSPS) is 17.4. The summed E-state index contributed by atoms with van der Waals surface area (Å²) < 4.78 is 7.34. The van der Waals surface area contributed by atoms with Crippen molar-refractivity contribution in [3.8, 4) is 0 Å². The van der Waals surface area contributed by atoms with Gasteiger partial charge in [-0.15, -0.1) is 5.10 Å². The maximum Gasteiger partial charge on any atom is 0.303 e. The zero-order valence-corrected chi connectivity index (χ0v) is 19.2. The lowest BCUT2D eigenvalue weighted by Crippen LogP contribution is -2.52. The molecule has 12 nitrogen and oxygen atoms in total. The lowest BCUT2D eigenvalue weighted by molar-refractivity contribution is -0.138. The molecule has 0 bridgehead atoms. The van der Waals surface area contributed by atoms with Crippen LogP contribution in [-0.2, 0) is 38.6 Å². The molecule has 1 unspecified atom stereocenters. The first-order valence-corrected chi connectivity index (χ1v) is 11.6. The molecule has 35 heavy (non-hydrogen) atoms. The van der Waals surface area contributed by atoms with Crippen molar-refractivity contribution in [1.82, 2.24) is 25.2 Å². The lowest BCUT2D eigenvalue weighted by atomic mass is 10.0. The molecular formula is C23H28N6O6. The van der Waals surface area contributed by atoms with E-state index < -0.39 is 17.9 Å². The first-order valence-electron chi connectivity index (χ1n) is 11.6. The van der Waals surface area contributed by atoms with Crippen LogP contribution in [0.1, 0.15) is 47.3 Å². The first kappa shape index (κ1) is 24.3. The summed E-state index contributed by atoms with van der Waals surface area (Å²) in [7, 11) is 0. The minimum Gasteiger partial charge on any atom is -0.481 e. The average Bonchev–Trinajstić information content (AvgIpc) is 3.41. The van der Waals surface area contributed by atoms with Crippen molar-refractivity contribution in [2.45, 2.75) is 51.2 Å². The number of carbonyl (C=O) groups is 4. The lowest BCUT2D eigenvalue weighted by Gasteiger charge is -2.29. The van der Waals surface area contributed by atoms with Crippen molar-refractivity contribution in [2.24, 2.45) is 0 Å². The number of carboxylic acid groups (broad SMARTS) is 1. The fraction of sp³-hybridized carbons (Fsp3) is 0.478. The molecule has 12 heteroatoms. The number of amides is 3. The van der Waals surface area contributed by atoms with Gasteiger partial charge < -0.3 is 20.1 Å². The van der Waals surface area contributed by atoms with Gasteiger partial charge in [0.05, 0.1) is 25.5 Å². The Morgan fingerprint density at radius 2 is 2.11 bits per heavy atom. The largest absolute Gasteiger partial charge is 0.481 e. The third-order valence-electron chi connectivity index (χ3n) is 6.02. The highest BCUT2D eigenvalue weighted by molar-refractivity contribution is 6.06. The number of fused-ring (bicyclic) bond motifs is 1. The van der Waals surface area contributed by atoms with Gasteiger partial charge in [-0.25, -0.2) is 4.68 Å². The molecular weight excluding hydrogens is 456 g/mol. The van der Waals surface area contributed by atoms with Crippen molar-refractivity contribution < 1.29 is 29.0 Å². The number of benzene rings is 1. The number of rotatable bonds is 12. The van der Waals surface area contributed by atoms with Crippen LogP contribution in [0.15, 0.2) is 24.4 Å². The Labute approximate surface area is 201 Å². The van der Waals surface area contributed by atoms with E-state index in [1.807, 2.05) is 6.07 Å². The van der Waals surface area contributed by atoms with Crippen LogP contribution in [0.5, 0.6) is 0 Å². The minimum absolute atomic E-state index is 0.108. The maximum absolute atomic E-state index is 12.9. The Balaban J connectivity index is 1.21. The third kappa shape index (κ3) is 6.01. The Kier molecular flexibility index (Phi) is 7.70. The summed E-state index contributed by atoms with van der Waals surface area (Å²) in [5.41, 5.74) is 2.97. The van der Waals surface area contributed by atoms with E-state index in [4.69, 9.17) is 9.84 Å². The van der Waals surface area contributed by atoms with Gasteiger partial charge in [0.25, 0.3) is 5.91 Å². The Morgan fingerprint density at radius 3 is 2.91 bits per heavy atom. The number of nitrogens with one attached hydrogen (secondary N) is 2. The second-order valence-corrected chi connectivity index (χ2v) is 8.49. The third-order valence-corrected chi connectivity index (χ3v) is 6.02. The van der Waals surface area contributed by atoms with Gasteiger partial charge in [0, 0.05) is 48.9 Å². The number of aliphatic carboxylic acids is 1. The number of nitrogens with zero attached hydrogens (tertiary/aromatic N) is 4. The Morgan fingerprint density at radius 1 is 1.26 bits per heavy atom.